The smallest absolute Gasteiger partial charge is 0.407 e. The molecule has 1 fully saturated rings. The SMILES string of the molecule is COC(=O)c1cc(Br)cc(Nc2nc(N3CCC[C@H](NC(=O)OC(C)(C)C)C3)ncc2C(N)=O)c1. The van der Waals surface area contributed by atoms with Gasteiger partial charge in [0.05, 0.1) is 12.7 Å². The summed E-state index contributed by atoms with van der Waals surface area (Å²) in [6.07, 6.45) is 2.47. The summed E-state index contributed by atoms with van der Waals surface area (Å²) in [5.74, 6) is -0.648. The Labute approximate surface area is 211 Å². The van der Waals surface area contributed by atoms with E-state index >= 15 is 0 Å². The molecule has 1 aromatic heterocycles. The van der Waals surface area contributed by atoms with Crippen molar-refractivity contribution in [3.8, 4) is 0 Å². The Morgan fingerprint density at radius 2 is 1.97 bits per heavy atom. The second kappa shape index (κ2) is 10.9. The zero-order valence-electron chi connectivity index (χ0n) is 20.1. The van der Waals surface area contributed by atoms with Gasteiger partial charge in [0.2, 0.25) is 5.95 Å². The van der Waals surface area contributed by atoms with Gasteiger partial charge in [-0.2, -0.15) is 4.98 Å². The van der Waals surface area contributed by atoms with E-state index in [1.54, 1.807) is 18.2 Å². The van der Waals surface area contributed by atoms with Gasteiger partial charge in [0.25, 0.3) is 5.91 Å². The van der Waals surface area contributed by atoms with Crippen molar-refractivity contribution in [3.05, 3.63) is 40.0 Å². The van der Waals surface area contributed by atoms with E-state index in [4.69, 9.17) is 15.2 Å². The molecule has 11 nitrogen and oxygen atoms in total. The van der Waals surface area contributed by atoms with Crippen LogP contribution in [0.5, 0.6) is 0 Å². The molecule has 4 N–H and O–H groups in total. The maximum Gasteiger partial charge on any atom is 0.407 e. The minimum Gasteiger partial charge on any atom is -0.465 e. The second-order valence-electron chi connectivity index (χ2n) is 9.07. The summed E-state index contributed by atoms with van der Waals surface area (Å²) < 4.78 is 10.8. The Morgan fingerprint density at radius 1 is 1.23 bits per heavy atom. The van der Waals surface area contributed by atoms with Gasteiger partial charge in [-0.3, -0.25) is 4.79 Å². The monoisotopic (exact) mass is 548 g/mol. The normalized spacial score (nSPS) is 15.8. The van der Waals surface area contributed by atoms with E-state index in [1.165, 1.54) is 13.3 Å². The number of ether oxygens (including phenoxy) is 2. The van der Waals surface area contributed by atoms with Crippen LogP contribution in [0.4, 0.5) is 22.2 Å². The highest BCUT2D eigenvalue weighted by Gasteiger charge is 2.26. The van der Waals surface area contributed by atoms with E-state index in [9.17, 15) is 14.4 Å². The van der Waals surface area contributed by atoms with Crippen LogP contribution in [0.3, 0.4) is 0 Å². The number of rotatable bonds is 6. The van der Waals surface area contributed by atoms with Crippen molar-refractivity contribution in [1.29, 1.82) is 0 Å². The van der Waals surface area contributed by atoms with E-state index in [1.807, 2.05) is 25.7 Å². The van der Waals surface area contributed by atoms with Crippen LogP contribution in [0.1, 0.15) is 54.3 Å². The number of nitrogens with one attached hydrogen (secondary N) is 2. The molecule has 2 aromatic rings. The average molecular weight is 549 g/mol. The number of methoxy groups -OCH3 is 1. The molecule has 0 aliphatic carbocycles. The third-order valence-electron chi connectivity index (χ3n) is 5.05. The first kappa shape index (κ1) is 26.2. The van der Waals surface area contributed by atoms with Crippen molar-refractivity contribution in [2.75, 3.05) is 30.4 Å². The predicted octanol–water partition coefficient (Wildman–Crippen LogP) is 3.36. The van der Waals surface area contributed by atoms with Crippen LogP contribution in [-0.2, 0) is 9.47 Å². The summed E-state index contributed by atoms with van der Waals surface area (Å²) in [6, 6.07) is 4.76. The van der Waals surface area contributed by atoms with Gasteiger partial charge in [0.15, 0.2) is 0 Å². The number of nitrogens with two attached hydrogens (primary N) is 1. The summed E-state index contributed by atoms with van der Waals surface area (Å²) >= 11 is 3.37. The van der Waals surface area contributed by atoms with Gasteiger partial charge in [-0.15, -0.1) is 0 Å². The van der Waals surface area contributed by atoms with Crippen LogP contribution in [0, 0.1) is 0 Å². The molecule has 1 aromatic carbocycles. The van der Waals surface area contributed by atoms with Gasteiger partial charge in [-0.1, -0.05) is 15.9 Å². The number of primary amides is 1. The van der Waals surface area contributed by atoms with Crippen LogP contribution in [-0.4, -0.2) is 59.8 Å². The zero-order chi connectivity index (χ0) is 25.8. The van der Waals surface area contributed by atoms with Crippen molar-refractivity contribution < 1.29 is 23.9 Å². The molecule has 0 unspecified atom stereocenters. The standard InChI is InChI=1S/C23H29BrN6O5/c1-23(2,3)35-22(33)28-15-6-5-7-30(12-15)21-26-11-17(18(25)31)19(29-21)27-16-9-13(20(32)34-4)8-14(24)10-16/h8-11,15H,5-7,12H2,1-4H3,(H2,25,31)(H,28,33)(H,26,27,29)/t15-/m0/s1. The van der Waals surface area contributed by atoms with Crippen LogP contribution in [0.15, 0.2) is 28.9 Å². The molecule has 1 atom stereocenters. The van der Waals surface area contributed by atoms with Gasteiger partial charge in [0, 0.05) is 35.5 Å². The predicted molar refractivity (Wildman–Crippen MR) is 134 cm³/mol. The third kappa shape index (κ3) is 7.28. The molecule has 35 heavy (non-hydrogen) atoms. The average Bonchev–Trinajstić information content (AvgIpc) is 2.76. The van der Waals surface area contributed by atoms with Gasteiger partial charge >= 0.3 is 12.1 Å². The molecule has 188 valence electrons. The number of carbonyl (C=O) groups is 3. The summed E-state index contributed by atoms with van der Waals surface area (Å²) in [5.41, 5.74) is 5.84. The zero-order valence-corrected chi connectivity index (χ0v) is 21.6. The number of hydrogen-bond donors (Lipinski definition) is 3. The quantitative estimate of drug-likeness (QED) is 0.461. The first-order chi connectivity index (χ1) is 16.4. The molecule has 0 bridgehead atoms. The number of esters is 1. The minimum atomic E-state index is -0.703. The fraction of sp³-hybridized carbons (Fsp3) is 0.435. The van der Waals surface area contributed by atoms with E-state index in [0.717, 1.165) is 12.8 Å². The number of carbonyl (C=O) groups excluding carboxylic acids is 3. The maximum absolute atomic E-state index is 12.2. The van der Waals surface area contributed by atoms with Crippen LogP contribution in [0.25, 0.3) is 0 Å². The number of hydrogen-bond acceptors (Lipinski definition) is 9. The Balaban J connectivity index is 1.83. The maximum atomic E-state index is 12.2. The number of amides is 2. The number of nitrogens with zero attached hydrogens (tertiary/aromatic N) is 3. The summed E-state index contributed by atoms with van der Waals surface area (Å²) in [5, 5.41) is 5.95. The number of anilines is 3. The molecule has 1 aliphatic heterocycles. The van der Waals surface area contributed by atoms with Gasteiger partial charge in [0.1, 0.15) is 17.0 Å². The lowest BCUT2D eigenvalue weighted by Gasteiger charge is -2.33. The molecule has 1 saturated heterocycles. The van der Waals surface area contributed by atoms with E-state index in [-0.39, 0.29) is 17.4 Å². The number of aromatic nitrogens is 2. The Morgan fingerprint density at radius 3 is 2.63 bits per heavy atom. The first-order valence-corrected chi connectivity index (χ1v) is 11.8. The number of piperidine rings is 1. The van der Waals surface area contributed by atoms with E-state index in [0.29, 0.717) is 34.8 Å². The molecule has 2 heterocycles. The molecule has 12 heteroatoms. The van der Waals surface area contributed by atoms with Crippen LogP contribution in [0.2, 0.25) is 0 Å². The lowest BCUT2D eigenvalue weighted by molar-refractivity contribution is 0.0498. The van der Waals surface area contributed by atoms with Crippen molar-refractivity contribution in [2.24, 2.45) is 5.73 Å². The van der Waals surface area contributed by atoms with E-state index in [2.05, 4.69) is 36.5 Å². The molecule has 2 amide bonds. The van der Waals surface area contributed by atoms with Crippen LogP contribution < -0.4 is 21.3 Å². The molecule has 0 saturated carbocycles. The first-order valence-electron chi connectivity index (χ1n) is 11.0. The molecule has 1 aliphatic rings. The Bertz CT molecular complexity index is 1120. The molecule has 3 rings (SSSR count). The van der Waals surface area contributed by atoms with Crippen molar-refractivity contribution >= 4 is 51.4 Å². The third-order valence-corrected chi connectivity index (χ3v) is 5.51. The van der Waals surface area contributed by atoms with Crippen molar-refractivity contribution in [2.45, 2.75) is 45.3 Å². The fourth-order valence-electron chi connectivity index (χ4n) is 3.59. The largest absolute Gasteiger partial charge is 0.465 e. The van der Waals surface area contributed by atoms with Crippen molar-refractivity contribution in [3.63, 3.8) is 0 Å². The van der Waals surface area contributed by atoms with Crippen LogP contribution >= 0.6 is 15.9 Å². The summed E-state index contributed by atoms with van der Waals surface area (Å²) in [6.45, 7) is 6.56. The topological polar surface area (TPSA) is 149 Å². The highest BCUT2D eigenvalue weighted by molar-refractivity contribution is 9.10. The van der Waals surface area contributed by atoms with E-state index < -0.39 is 23.6 Å². The van der Waals surface area contributed by atoms with Gasteiger partial charge < -0.3 is 30.7 Å². The minimum absolute atomic E-state index is 0.0915. The fourth-order valence-corrected chi connectivity index (χ4v) is 4.08. The van der Waals surface area contributed by atoms with Gasteiger partial charge in [-0.05, 0) is 51.8 Å². The summed E-state index contributed by atoms with van der Waals surface area (Å²) in [4.78, 5) is 47.0. The summed E-state index contributed by atoms with van der Waals surface area (Å²) in [7, 11) is 1.29. The molecular formula is C23H29BrN6O5. The lowest BCUT2D eigenvalue weighted by atomic mass is 10.1. The Kier molecular flexibility index (Phi) is 8.15. The number of benzene rings is 1. The molecule has 0 radical (unpaired) electrons. The number of alkyl carbamates (subject to hydrolysis) is 1. The number of halogens is 1. The highest BCUT2D eigenvalue weighted by Crippen LogP contribution is 2.26. The Hall–Kier alpha value is -3.41. The lowest BCUT2D eigenvalue weighted by Crippen LogP contribution is -2.49. The molecule has 0 spiro atoms. The second-order valence-corrected chi connectivity index (χ2v) is 9.99. The highest BCUT2D eigenvalue weighted by atomic mass is 79.9. The van der Waals surface area contributed by atoms with Gasteiger partial charge in [-0.25, -0.2) is 14.6 Å². The molecular weight excluding hydrogens is 520 g/mol. The van der Waals surface area contributed by atoms with Crippen molar-refractivity contribution in [1.82, 2.24) is 15.3 Å².